The number of likely N-dealkylation sites (N-methyl/N-ethyl adjacent to an activating group) is 2. The van der Waals surface area contributed by atoms with E-state index in [1.165, 1.54) is 11.0 Å². The Morgan fingerprint density at radius 3 is 2.14 bits per heavy atom. The molecule has 49 heavy (non-hydrogen) atoms. The zero-order chi connectivity index (χ0) is 37.1. The fourth-order valence-corrected chi connectivity index (χ4v) is 11.2. The van der Waals surface area contributed by atoms with Gasteiger partial charge in [-0.05, 0) is 68.7 Å². The predicted molar refractivity (Wildman–Crippen MR) is 204 cm³/mol. The van der Waals surface area contributed by atoms with E-state index >= 15 is 0 Å². The Morgan fingerprint density at radius 1 is 0.959 bits per heavy atom. The van der Waals surface area contributed by atoms with Crippen LogP contribution >= 0.6 is 0 Å². The molecular formula is C37H58N8O3Si. The molecule has 12 heteroatoms. The molecule has 4 N–H and O–H groups in total. The molecule has 1 aromatic heterocycles. The van der Waals surface area contributed by atoms with Crippen LogP contribution in [0.3, 0.4) is 0 Å². The third-order valence-corrected chi connectivity index (χ3v) is 15.2. The van der Waals surface area contributed by atoms with E-state index in [1.807, 2.05) is 55.2 Å². The number of nitrogens with two attached hydrogens (primary N) is 1. The summed E-state index contributed by atoms with van der Waals surface area (Å²) in [5.74, 6) is 3.04. The van der Waals surface area contributed by atoms with Crippen LogP contribution in [0.15, 0.2) is 36.4 Å². The highest BCUT2D eigenvalue weighted by Gasteiger charge is 2.42. The van der Waals surface area contributed by atoms with Crippen molar-refractivity contribution in [2.24, 2.45) is 5.73 Å². The van der Waals surface area contributed by atoms with Crippen molar-refractivity contribution in [2.45, 2.75) is 84.5 Å². The van der Waals surface area contributed by atoms with Gasteiger partial charge in [-0.25, -0.2) is 9.97 Å². The summed E-state index contributed by atoms with van der Waals surface area (Å²) in [6.07, 6.45) is 3.79. The molecule has 1 heterocycles. The molecule has 0 aliphatic heterocycles. The van der Waals surface area contributed by atoms with E-state index in [-0.39, 0.29) is 35.9 Å². The van der Waals surface area contributed by atoms with Crippen LogP contribution < -0.4 is 21.3 Å². The molecule has 1 aromatic carbocycles. The summed E-state index contributed by atoms with van der Waals surface area (Å²) in [7, 11) is 5.28. The van der Waals surface area contributed by atoms with Crippen molar-refractivity contribution >= 4 is 43.1 Å². The predicted octanol–water partition coefficient (Wildman–Crippen LogP) is 4.97. The van der Waals surface area contributed by atoms with Gasteiger partial charge in [0, 0.05) is 45.0 Å². The highest BCUT2D eigenvalue weighted by atomic mass is 28.3. The molecule has 0 saturated carbocycles. The standard InChI is InChI=1S/C37H58N8O3Si/c1-25(2)45(12)37-31(19-22-49(26(3)4,27(5)6)28(7)8)41-34(35(38)48)36(42-37)40-30-16-13-15-29(23-30)18-20-39-32(46)24-44(11)33(47)17-14-21-43(9)10/h13-17,23,25-28H,18,20-21,24H2,1-12H3,(H2,38,48)(H,39,46)(H,40,42)/b17-14+. The van der Waals surface area contributed by atoms with Gasteiger partial charge in [-0.2, -0.15) is 0 Å². The van der Waals surface area contributed by atoms with Crippen LogP contribution in [-0.2, 0) is 16.0 Å². The van der Waals surface area contributed by atoms with E-state index < -0.39 is 14.0 Å². The van der Waals surface area contributed by atoms with Gasteiger partial charge >= 0.3 is 0 Å². The maximum Gasteiger partial charge on any atom is 0.271 e. The van der Waals surface area contributed by atoms with Crippen LogP contribution in [-0.4, -0.2) is 99.4 Å². The number of benzene rings is 1. The summed E-state index contributed by atoms with van der Waals surface area (Å²) in [5.41, 5.74) is 13.0. The third kappa shape index (κ3) is 11.4. The largest absolute Gasteiger partial charge is 0.364 e. The first-order valence-electron chi connectivity index (χ1n) is 17.1. The monoisotopic (exact) mass is 690 g/mol. The molecule has 0 spiro atoms. The number of rotatable bonds is 16. The van der Waals surface area contributed by atoms with Gasteiger partial charge < -0.3 is 31.1 Å². The number of carbonyl (C=O) groups is 3. The Kier molecular flexibility index (Phi) is 15.5. The second kappa shape index (κ2) is 18.5. The fraction of sp³-hybridized carbons (Fsp3) is 0.541. The van der Waals surface area contributed by atoms with Gasteiger partial charge in [-0.15, -0.1) is 5.54 Å². The van der Waals surface area contributed by atoms with Crippen molar-refractivity contribution in [1.82, 2.24) is 25.1 Å². The zero-order valence-electron chi connectivity index (χ0n) is 31.6. The van der Waals surface area contributed by atoms with E-state index in [2.05, 4.69) is 77.5 Å². The molecule has 0 radical (unpaired) electrons. The van der Waals surface area contributed by atoms with Crippen LogP contribution in [0.4, 0.5) is 17.3 Å². The van der Waals surface area contributed by atoms with E-state index in [0.29, 0.717) is 53.3 Å². The van der Waals surface area contributed by atoms with Crippen LogP contribution in [0.1, 0.15) is 77.1 Å². The molecule has 3 amide bonds. The van der Waals surface area contributed by atoms with E-state index in [0.717, 1.165) is 5.56 Å². The minimum absolute atomic E-state index is 0.0176. The number of nitrogens with one attached hydrogen (secondary N) is 2. The Bertz CT molecular complexity index is 1520. The number of hydrogen-bond acceptors (Lipinski definition) is 8. The van der Waals surface area contributed by atoms with Gasteiger partial charge in [0.25, 0.3) is 5.91 Å². The molecular weight excluding hydrogens is 633 g/mol. The van der Waals surface area contributed by atoms with Gasteiger partial charge in [-0.1, -0.05) is 65.7 Å². The lowest BCUT2D eigenvalue weighted by Gasteiger charge is -2.38. The Morgan fingerprint density at radius 2 is 1.59 bits per heavy atom. The summed E-state index contributed by atoms with van der Waals surface area (Å²) < 4.78 is 0. The first kappa shape index (κ1) is 41.0. The lowest BCUT2D eigenvalue weighted by atomic mass is 10.1. The molecule has 0 bridgehead atoms. The van der Waals surface area contributed by atoms with Crippen LogP contribution in [0, 0.1) is 11.5 Å². The van der Waals surface area contributed by atoms with E-state index in [4.69, 9.17) is 15.7 Å². The van der Waals surface area contributed by atoms with Gasteiger partial charge in [0.2, 0.25) is 11.8 Å². The maximum atomic E-state index is 12.7. The lowest BCUT2D eigenvalue weighted by molar-refractivity contribution is -0.131. The topological polar surface area (TPSA) is 137 Å². The quantitative estimate of drug-likeness (QED) is 0.128. The molecule has 11 nitrogen and oxygen atoms in total. The molecule has 2 aromatic rings. The fourth-order valence-electron chi connectivity index (χ4n) is 5.99. The van der Waals surface area contributed by atoms with Gasteiger partial charge in [-0.3, -0.25) is 14.4 Å². The van der Waals surface area contributed by atoms with Crippen molar-refractivity contribution < 1.29 is 14.4 Å². The van der Waals surface area contributed by atoms with Crippen LogP contribution in [0.5, 0.6) is 0 Å². The van der Waals surface area contributed by atoms with Crippen molar-refractivity contribution in [3.05, 3.63) is 53.4 Å². The molecule has 0 atom stereocenters. The molecule has 268 valence electrons. The zero-order valence-corrected chi connectivity index (χ0v) is 32.6. The molecule has 0 fully saturated rings. The number of carbonyl (C=O) groups excluding carboxylic acids is 3. The van der Waals surface area contributed by atoms with Crippen LogP contribution in [0.25, 0.3) is 0 Å². The summed E-state index contributed by atoms with van der Waals surface area (Å²) >= 11 is 0. The molecule has 0 unspecified atom stereocenters. The lowest BCUT2D eigenvalue weighted by Crippen LogP contribution is -2.43. The maximum absolute atomic E-state index is 12.7. The SMILES string of the molecule is CC(C)N(C)c1nc(Nc2cccc(CCNC(=O)CN(C)C(=O)/C=C/CN(C)C)c2)c(C(N)=O)nc1C#C[Si](C(C)C)(C(C)C)C(C)C. The Hall–Kier alpha value is -4.21. The minimum atomic E-state index is -2.09. The van der Waals surface area contributed by atoms with Gasteiger partial charge in [0.1, 0.15) is 8.07 Å². The molecule has 2 rings (SSSR count). The van der Waals surface area contributed by atoms with Gasteiger partial charge in [0.15, 0.2) is 23.0 Å². The highest BCUT2D eigenvalue weighted by Crippen LogP contribution is 2.41. The van der Waals surface area contributed by atoms with Crippen molar-refractivity contribution in [2.75, 3.05) is 58.0 Å². The normalized spacial score (nSPS) is 11.8. The first-order chi connectivity index (χ1) is 22.9. The number of anilines is 3. The number of hydrogen-bond donors (Lipinski definition) is 3. The summed E-state index contributed by atoms with van der Waals surface area (Å²) in [4.78, 5) is 52.4. The van der Waals surface area contributed by atoms with E-state index in [9.17, 15) is 14.4 Å². The third-order valence-electron chi connectivity index (χ3n) is 8.90. The van der Waals surface area contributed by atoms with E-state index in [1.54, 1.807) is 13.1 Å². The highest BCUT2D eigenvalue weighted by molar-refractivity contribution is 6.90. The summed E-state index contributed by atoms with van der Waals surface area (Å²) in [6.45, 7) is 18.6. The Labute approximate surface area is 295 Å². The van der Waals surface area contributed by atoms with Crippen molar-refractivity contribution in [1.29, 1.82) is 0 Å². The molecule has 0 aliphatic carbocycles. The summed E-state index contributed by atoms with van der Waals surface area (Å²) in [6, 6.07) is 7.73. The number of aromatic nitrogens is 2. The number of primary amides is 1. The summed E-state index contributed by atoms with van der Waals surface area (Å²) in [5, 5.41) is 6.14. The van der Waals surface area contributed by atoms with Crippen LogP contribution in [0.2, 0.25) is 16.6 Å². The Balaban J connectivity index is 2.33. The number of amides is 3. The number of nitrogens with zero attached hydrogens (tertiary/aromatic N) is 5. The minimum Gasteiger partial charge on any atom is -0.364 e. The average Bonchev–Trinajstić information content (AvgIpc) is 3.00. The smallest absolute Gasteiger partial charge is 0.271 e. The molecule has 0 saturated heterocycles. The first-order valence-corrected chi connectivity index (χ1v) is 19.3. The second-order valence-corrected chi connectivity index (χ2v) is 19.7. The van der Waals surface area contributed by atoms with Gasteiger partial charge in [0.05, 0.1) is 6.54 Å². The second-order valence-electron chi connectivity index (χ2n) is 14.1. The van der Waals surface area contributed by atoms with Crippen molar-refractivity contribution in [3.63, 3.8) is 0 Å². The molecule has 0 aliphatic rings. The average molecular weight is 691 g/mol. The van der Waals surface area contributed by atoms with Crippen molar-refractivity contribution in [3.8, 4) is 11.5 Å².